The molecule has 0 radical (unpaired) electrons. The summed E-state index contributed by atoms with van der Waals surface area (Å²) in [6, 6.07) is 0. The van der Waals surface area contributed by atoms with Crippen LogP contribution in [0.4, 0.5) is 0 Å². The summed E-state index contributed by atoms with van der Waals surface area (Å²) >= 11 is 0. The number of hydrogen-bond acceptors (Lipinski definition) is 6. The van der Waals surface area contributed by atoms with Gasteiger partial charge < -0.3 is 14.2 Å². The molecule has 77 heavy (non-hydrogen) atoms. The van der Waals surface area contributed by atoms with Crippen molar-refractivity contribution in [3.63, 3.8) is 0 Å². The summed E-state index contributed by atoms with van der Waals surface area (Å²) in [6.07, 6.45) is 83.1. The fourth-order valence-electron chi connectivity index (χ4n) is 10.3. The molecule has 1 atom stereocenters. The molecule has 0 aromatic heterocycles. The van der Waals surface area contributed by atoms with Crippen LogP contribution in [-0.4, -0.2) is 37.2 Å². The van der Waals surface area contributed by atoms with Crippen molar-refractivity contribution in [3.8, 4) is 0 Å². The van der Waals surface area contributed by atoms with E-state index in [1.54, 1.807) is 0 Å². The highest BCUT2D eigenvalue weighted by atomic mass is 16.6. The second-order valence-corrected chi connectivity index (χ2v) is 23.1. The first-order valence-corrected chi connectivity index (χ1v) is 34.1. The zero-order chi connectivity index (χ0) is 55.7. The summed E-state index contributed by atoms with van der Waals surface area (Å²) in [4.78, 5) is 38.1. The van der Waals surface area contributed by atoms with Gasteiger partial charge in [0.05, 0.1) is 0 Å². The predicted octanol–water partition coefficient (Wildman–Crippen LogP) is 23.3. The Morgan fingerprint density at radius 1 is 0.273 bits per heavy atom. The average molecular weight is 1080 g/mol. The maximum atomic E-state index is 12.9. The normalized spacial score (nSPS) is 12.3. The highest BCUT2D eigenvalue weighted by Crippen LogP contribution is 2.18. The van der Waals surface area contributed by atoms with Gasteiger partial charge in [0.1, 0.15) is 13.2 Å². The van der Waals surface area contributed by atoms with Crippen molar-refractivity contribution in [1.29, 1.82) is 0 Å². The standard InChI is InChI=1S/C71H130O6/c1-4-7-10-13-16-19-21-23-25-27-28-29-30-31-32-33-34-35-36-37-38-39-40-41-42-43-44-45-47-48-50-52-55-58-61-64-70(73)76-67-68(66-75-69(72)63-60-57-54-18-15-12-9-6-3)77-71(74)65-62-59-56-53-51-49-46-26-24-22-20-17-14-11-8-5-2/h7,10,16,19,23,25,28-29,68H,4-6,8-9,11-15,17-18,20-22,24,26-27,30-67H2,1-3H3/b10-7-,19-16-,25-23-,29-28-. The molecule has 0 N–H and O–H groups in total. The second-order valence-electron chi connectivity index (χ2n) is 23.1. The van der Waals surface area contributed by atoms with Crippen molar-refractivity contribution in [1.82, 2.24) is 0 Å². The molecular weight excluding hydrogens is 949 g/mol. The SMILES string of the molecule is CC/C=C\C/C=C\C/C=C\C/C=C\CCCCCCCCCCCCCCCCCCCCCCCCC(=O)OCC(COC(=O)CCCCCCCCCC)OC(=O)CCCCCCCCCCCCCCCCCC. The van der Waals surface area contributed by atoms with E-state index in [4.69, 9.17) is 14.2 Å². The van der Waals surface area contributed by atoms with Gasteiger partial charge in [-0.1, -0.05) is 339 Å². The van der Waals surface area contributed by atoms with E-state index in [9.17, 15) is 14.4 Å². The fraction of sp³-hybridized carbons (Fsp3) is 0.845. The summed E-state index contributed by atoms with van der Waals surface area (Å²) in [7, 11) is 0. The maximum absolute atomic E-state index is 12.9. The topological polar surface area (TPSA) is 78.9 Å². The van der Waals surface area contributed by atoms with Gasteiger partial charge in [-0.2, -0.15) is 0 Å². The molecule has 1 unspecified atom stereocenters. The fourth-order valence-corrected chi connectivity index (χ4v) is 10.3. The number of ether oxygens (including phenoxy) is 3. The van der Waals surface area contributed by atoms with Gasteiger partial charge in [0.2, 0.25) is 0 Å². The molecule has 0 aliphatic heterocycles. The van der Waals surface area contributed by atoms with E-state index < -0.39 is 6.10 Å². The van der Waals surface area contributed by atoms with E-state index in [-0.39, 0.29) is 31.1 Å². The lowest BCUT2D eigenvalue weighted by molar-refractivity contribution is -0.167. The number of carbonyl (C=O) groups is 3. The molecule has 6 heteroatoms. The molecule has 0 amide bonds. The van der Waals surface area contributed by atoms with Crippen LogP contribution in [0.15, 0.2) is 48.6 Å². The summed E-state index contributed by atoms with van der Waals surface area (Å²) in [5.41, 5.74) is 0. The minimum absolute atomic E-state index is 0.0650. The van der Waals surface area contributed by atoms with Crippen molar-refractivity contribution in [2.75, 3.05) is 13.2 Å². The van der Waals surface area contributed by atoms with Crippen molar-refractivity contribution < 1.29 is 28.6 Å². The number of rotatable bonds is 63. The van der Waals surface area contributed by atoms with Gasteiger partial charge in [0.25, 0.3) is 0 Å². The molecule has 0 saturated carbocycles. The van der Waals surface area contributed by atoms with Crippen LogP contribution in [0, 0.1) is 0 Å². The molecular formula is C71H130O6. The number of esters is 3. The lowest BCUT2D eigenvalue weighted by Gasteiger charge is -2.18. The highest BCUT2D eigenvalue weighted by Gasteiger charge is 2.19. The zero-order valence-corrected chi connectivity index (χ0v) is 51.7. The van der Waals surface area contributed by atoms with E-state index in [1.165, 1.54) is 244 Å². The minimum Gasteiger partial charge on any atom is -0.462 e. The van der Waals surface area contributed by atoms with Crippen molar-refractivity contribution >= 4 is 17.9 Å². The van der Waals surface area contributed by atoms with Crippen molar-refractivity contribution in [2.45, 2.75) is 374 Å². The predicted molar refractivity (Wildman–Crippen MR) is 335 cm³/mol. The largest absolute Gasteiger partial charge is 0.462 e. The Balaban J connectivity index is 3.95. The lowest BCUT2D eigenvalue weighted by Crippen LogP contribution is -2.30. The van der Waals surface area contributed by atoms with Crippen LogP contribution in [0.3, 0.4) is 0 Å². The molecule has 0 spiro atoms. The maximum Gasteiger partial charge on any atom is 0.306 e. The first-order valence-electron chi connectivity index (χ1n) is 34.1. The Labute approximate surface area is 479 Å². The highest BCUT2D eigenvalue weighted by molar-refractivity contribution is 5.71. The number of unbranched alkanes of at least 4 members (excludes halogenated alkanes) is 44. The number of carbonyl (C=O) groups excluding carboxylic acids is 3. The monoisotopic (exact) mass is 1080 g/mol. The third-order valence-electron chi connectivity index (χ3n) is 15.3. The minimum atomic E-state index is -0.765. The van der Waals surface area contributed by atoms with Gasteiger partial charge in [0.15, 0.2) is 6.10 Å². The summed E-state index contributed by atoms with van der Waals surface area (Å²) in [5, 5.41) is 0. The molecule has 6 nitrogen and oxygen atoms in total. The molecule has 0 bridgehead atoms. The molecule has 0 aromatic carbocycles. The van der Waals surface area contributed by atoms with Gasteiger partial charge >= 0.3 is 17.9 Å². The van der Waals surface area contributed by atoms with Crippen LogP contribution in [0.1, 0.15) is 367 Å². The average Bonchev–Trinajstić information content (AvgIpc) is 3.43. The third kappa shape index (κ3) is 64.1. The Bertz CT molecular complexity index is 1330. The molecule has 0 heterocycles. The summed E-state index contributed by atoms with van der Waals surface area (Å²) < 4.78 is 16.9. The Morgan fingerprint density at radius 3 is 0.792 bits per heavy atom. The first kappa shape index (κ1) is 74.4. The third-order valence-corrected chi connectivity index (χ3v) is 15.3. The van der Waals surface area contributed by atoms with Crippen LogP contribution in [0.25, 0.3) is 0 Å². The number of hydrogen-bond donors (Lipinski definition) is 0. The van der Waals surface area contributed by atoms with Gasteiger partial charge in [0, 0.05) is 19.3 Å². The van der Waals surface area contributed by atoms with Gasteiger partial charge in [-0.15, -0.1) is 0 Å². The molecule has 0 aliphatic rings. The van der Waals surface area contributed by atoms with Crippen LogP contribution in [0.2, 0.25) is 0 Å². The van der Waals surface area contributed by atoms with E-state index in [1.807, 2.05) is 0 Å². The Morgan fingerprint density at radius 2 is 0.506 bits per heavy atom. The van der Waals surface area contributed by atoms with E-state index in [0.717, 1.165) is 83.5 Å². The lowest BCUT2D eigenvalue weighted by atomic mass is 10.0. The Kier molecular flexibility index (Phi) is 63.6. The van der Waals surface area contributed by atoms with Gasteiger partial charge in [-0.05, 0) is 57.8 Å². The van der Waals surface area contributed by atoms with Gasteiger partial charge in [-0.25, -0.2) is 0 Å². The quantitative estimate of drug-likeness (QED) is 0.0261. The Hall–Kier alpha value is -2.63. The van der Waals surface area contributed by atoms with Crippen molar-refractivity contribution in [3.05, 3.63) is 48.6 Å². The second kappa shape index (κ2) is 65.9. The molecule has 450 valence electrons. The summed E-state index contributed by atoms with van der Waals surface area (Å²) in [6.45, 7) is 6.56. The zero-order valence-electron chi connectivity index (χ0n) is 51.7. The molecule has 0 saturated heterocycles. The molecule has 0 aromatic rings. The number of allylic oxidation sites excluding steroid dienone is 8. The van der Waals surface area contributed by atoms with Crippen LogP contribution in [0.5, 0.6) is 0 Å². The van der Waals surface area contributed by atoms with E-state index in [0.29, 0.717) is 19.3 Å². The van der Waals surface area contributed by atoms with Crippen LogP contribution < -0.4 is 0 Å². The molecule has 0 aliphatic carbocycles. The molecule has 0 rings (SSSR count). The van der Waals surface area contributed by atoms with Gasteiger partial charge in [-0.3, -0.25) is 14.4 Å². The van der Waals surface area contributed by atoms with E-state index in [2.05, 4.69) is 69.4 Å². The summed E-state index contributed by atoms with van der Waals surface area (Å²) in [5.74, 6) is -0.844. The van der Waals surface area contributed by atoms with Crippen LogP contribution >= 0.6 is 0 Å². The van der Waals surface area contributed by atoms with Crippen molar-refractivity contribution in [2.24, 2.45) is 0 Å². The smallest absolute Gasteiger partial charge is 0.306 e. The molecule has 0 fully saturated rings. The van der Waals surface area contributed by atoms with E-state index >= 15 is 0 Å². The van der Waals surface area contributed by atoms with Crippen LogP contribution in [-0.2, 0) is 28.6 Å². The first-order chi connectivity index (χ1) is 38.0.